The summed E-state index contributed by atoms with van der Waals surface area (Å²) < 4.78 is 5.87. The lowest BCUT2D eigenvalue weighted by atomic mass is 10.1. The molecule has 4 nitrogen and oxygen atoms in total. The van der Waals surface area contributed by atoms with E-state index in [2.05, 4.69) is 20.9 Å². The molecule has 1 aromatic heterocycles. The van der Waals surface area contributed by atoms with E-state index in [-0.39, 0.29) is 11.8 Å². The van der Waals surface area contributed by atoms with Gasteiger partial charge in [-0.1, -0.05) is 0 Å². The first-order valence-corrected chi connectivity index (χ1v) is 6.55. The number of anilines is 1. The highest BCUT2D eigenvalue weighted by Gasteiger charge is 2.31. The molecule has 2 rings (SSSR count). The fraction of sp³-hybridized carbons (Fsp3) is 0.455. The molecule has 17 heavy (non-hydrogen) atoms. The van der Waals surface area contributed by atoms with Gasteiger partial charge in [-0.25, -0.2) is 4.98 Å². The number of pyridine rings is 1. The maximum absolute atomic E-state index is 11.9. The number of hydrogen-bond donors (Lipinski definition) is 0. The van der Waals surface area contributed by atoms with Crippen LogP contribution in [0.3, 0.4) is 0 Å². The van der Waals surface area contributed by atoms with Crippen LogP contribution in [0.1, 0.15) is 6.42 Å². The summed E-state index contributed by atoms with van der Waals surface area (Å²) in [5.41, 5.74) is 0.702. The second-order valence-corrected chi connectivity index (χ2v) is 5.01. The highest BCUT2D eigenvalue weighted by Crippen LogP contribution is 2.32. The van der Waals surface area contributed by atoms with Crippen molar-refractivity contribution in [3.63, 3.8) is 0 Å². The van der Waals surface area contributed by atoms with Crippen molar-refractivity contribution in [2.75, 3.05) is 24.4 Å². The van der Waals surface area contributed by atoms with Gasteiger partial charge in [0.15, 0.2) is 0 Å². The zero-order valence-corrected chi connectivity index (χ0v) is 11.7. The van der Waals surface area contributed by atoms with E-state index in [1.807, 2.05) is 6.07 Å². The topological polar surface area (TPSA) is 42.4 Å². The molecule has 0 aliphatic carbocycles. The molecule has 0 radical (unpaired) electrons. The van der Waals surface area contributed by atoms with E-state index < -0.39 is 0 Å². The molecule has 1 saturated heterocycles. The third-order valence-electron chi connectivity index (χ3n) is 2.71. The minimum Gasteiger partial charge on any atom is -0.479 e. The van der Waals surface area contributed by atoms with Crippen LogP contribution in [0.2, 0.25) is 0 Å². The Hall–Kier alpha value is -0.810. The normalized spacial score (nSPS) is 19.8. The van der Waals surface area contributed by atoms with Crippen molar-refractivity contribution in [2.45, 2.75) is 6.42 Å². The predicted molar refractivity (Wildman–Crippen MR) is 69.7 cm³/mol. The molecule has 6 heteroatoms. The van der Waals surface area contributed by atoms with Crippen molar-refractivity contribution in [3.05, 3.63) is 16.7 Å². The monoisotopic (exact) mass is 318 g/mol. The lowest BCUT2D eigenvalue weighted by Crippen LogP contribution is -2.25. The van der Waals surface area contributed by atoms with Crippen LogP contribution in [0.15, 0.2) is 16.7 Å². The van der Waals surface area contributed by atoms with Crippen molar-refractivity contribution in [2.24, 2.45) is 5.92 Å². The van der Waals surface area contributed by atoms with Crippen LogP contribution in [0.4, 0.5) is 5.69 Å². The third kappa shape index (κ3) is 2.55. The first-order valence-electron chi connectivity index (χ1n) is 5.22. The summed E-state index contributed by atoms with van der Waals surface area (Å²) in [4.78, 5) is 17.7. The standard InChI is InChI=1S/C11H12BrClN2O2/c1-17-11-8(2-3-9(12)14-11)15-6-7(5-13)4-10(15)16/h2-3,7H,4-6H2,1H3. The number of aromatic nitrogens is 1. The fourth-order valence-electron chi connectivity index (χ4n) is 1.88. The van der Waals surface area contributed by atoms with E-state index in [9.17, 15) is 4.79 Å². The van der Waals surface area contributed by atoms with Gasteiger partial charge in [0.25, 0.3) is 0 Å². The molecule has 2 heterocycles. The van der Waals surface area contributed by atoms with E-state index in [1.165, 1.54) is 7.11 Å². The number of rotatable bonds is 3. The summed E-state index contributed by atoms with van der Waals surface area (Å²) in [6, 6.07) is 3.61. The molecular weight excluding hydrogens is 307 g/mol. The number of methoxy groups -OCH3 is 1. The van der Waals surface area contributed by atoms with Crippen LogP contribution in [0.25, 0.3) is 0 Å². The van der Waals surface area contributed by atoms with E-state index >= 15 is 0 Å². The van der Waals surface area contributed by atoms with E-state index in [1.54, 1.807) is 11.0 Å². The van der Waals surface area contributed by atoms with E-state index in [0.29, 0.717) is 35.0 Å². The van der Waals surface area contributed by atoms with Gasteiger partial charge in [-0.2, -0.15) is 0 Å². The molecule has 0 N–H and O–H groups in total. The molecule has 0 aromatic carbocycles. The average Bonchev–Trinajstić information content (AvgIpc) is 2.70. The number of amides is 1. The van der Waals surface area contributed by atoms with Gasteiger partial charge in [-0.3, -0.25) is 4.79 Å². The Morgan fingerprint density at radius 3 is 3.00 bits per heavy atom. The number of ether oxygens (including phenoxy) is 1. The Morgan fingerprint density at radius 1 is 1.65 bits per heavy atom. The molecule has 1 amide bonds. The van der Waals surface area contributed by atoms with Crippen molar-refractivity contribution < 1.29 is 9.53 Å². The number of carbonyl (C=O) groups excluding carboxylic acids is 1. The summed E-state index contributed by atoms with van der Waals surface area (Å²) in [6.45, 7) is 0.627. The summed E-state index contributed by atoms with van der Waals surface area (Å²) in [7, 11) is 1.54. The summed E-state index contributed by atoms with van der Waals surface area (Å²) >= 11 is 9.06. The van der Waals surface area contributed by atoms with Gasteiger partial charge in [0, 0.05) is 18.8 Å². The molecular formula is C11H12BrClN2O2. The van der Waals surface area contributed by atoms with Crippen LogP contribution < -0.4 is 9.64 Å². The molecule has 1 aliphatic heterocycles. The van der Waals surface area contributed by atoms with E-state index in [0.717, 1.165) is 0 Å². The summed E-state index contributed by atoms with van der Waals surface area (Å²) in [6.07, 6.45) is 0.489. The number of hydrogen-bond acceptors (Lipinski definition) is 3. The third-order valence-corrected chi connectivity index (χ3v) is 3.59. The SMILES string of the molecule is COc1nc(Br)ccc1N1CC(CCl)CC1=O. The minimum atomic E-state index is 0.0677. The van der Waals surface area contributed by atoms with Gasteiger partial charge in [-0.05, 0) is 34.0 Å². The molecule has 1 aromatic rings. The minimum absolute atomic E-state index is 0.0677. The van der Waals surface area contributed by atoms with Crippen LogP contribution in [-0.2, 0) is 4.79 Å². The van der Waals surface area contributed by atoms with Gasteiger partial charge in [0.2, 0.25) is 11.8 Å². The molecule has 1 unspecified atom stereocenters. The molecule has 1 aliphatic rings. The summed E-state index contributed by atoms with van der Waals surface area (Å²) in [5, 5.41) is 0. The molecule has 1 fully saturated rings. The molecule has 92 valence electrons. The van der Waals surface area contributed by atoms with Crippen LogP contribution in [0, 0.1) is 5.92 Å². The maximum Gasteiger partial charge on any atom is 0.238 e. The fourth-order valence-corrected chi connectivity index (χ4v) is 2.38. The predicted octanol–water partition coefficient (Wildman–Crippen LogP) is 2.44. The molecule has 1 atom stereocenters. The summed E-state index contributed by atoms with van der Waals surface area (Å²) in [5.74, 6) is 1.22. The Morgan fingerprint density at radius 2 is 2.41 bits per heavy atom. The van der Waals surface area contributed by atoms with E-state index in [4.69, 9.17) is 16.3 Å². The zero-order valence-electron chi connectivity index (χ0n) is 9.32. The van der Waals surface area contributed by atoms with Crippen LogP contribution in [0.5, 0.6) is 5.88 Å². The van der Waals surface area contributed by atoms with Crippen molar-refractivity contribution >= 4 is 39.1 Å². The number of halogens is 2. The lowest BCUT2D eigenvalue weighted by Gasteiger charge is -2.18. The van der Waals surface area contributed by atoms with Gasteiger partial charge < -0.3 is 9.64 Å². The highest BCUT2D eigenvalue weighted by molar-refractivity contribution is 9.10. The number of carbonyl (C=O) groups is 1. The highest BCUT2D eigenvalue weighted by atomic mass is 79.9. The maximum atomic E-state index is 11.9. The molecule has 0 bridgehead atoms. The zero-order chi connectivity index (χ0) is 12.4. The van der Waals surface area contributed by atoms with Gasteiger partial charge >= 0.3 is 0 Å². The quantitative estimate of drug-likeness (QED) is 0.635. The second-order valence-electron chi connectivity index (χ2n) is 3.89. The Kier molecular flexibility index (Phi) is 3.89. The number of nitrogens with zero attached hydrogens (tertiary/aromatic N) is 2. The Labute approximate surface area is 113 Å². The van der Waals surface area contributed by atoms with Crippen LogP contribution >= 0.6 is 27.5 Å². The lowest BCUT2D eigenvalue weighted by molar-refractivity contribution is -0.117. The Balaban J connectivity index is 2.31. The number of alkyl halides is 1. The molecule has 0 saturated carbocycles. The van der Waals surface area contributed by atoms with Crippen molar-refractivity contribution in [1.29, 1.82) is 0 Å². The van der Waals surface area contributed by atoms with Gasteiger partial charge in [-0.15, -0.1) is 11.6 Å². The molecule has 0 spiro atoms. The average molecular weight is 320 g/mol. The second kappa shape index (κ2) is 5.23. The van der Waals surface area contributed by atoms with Gasteiger partial charge in [0.05, 0.1) is 7.11 Å². The van der Waals surface area contributed by atoms with Crippen molar-refractivity contribution in [1.82, 2.24) is 4.98 Å². The first kappa shape index (κ1) is 12.6. The Bertz CT molecular complexity index is 441. The van der Waals surface area contributed by atoms with Crippen molar-refractivity contribution in [3.8, 4) is 5.88 Å². The largest absolute Gasteiger partial charge is 0.479 e. The smallest absolute Gasteiger partial charge is 0.238 e. The first-order chi connectivity index (χ1) is 8.15. The van der Waals surface area contributed by atoms with Gasteiger partial charge in [0.1, 0.15) is 10.3 Å². The van der Waals surface area contributed by atoms with Crippen LogP contribution in [-0.4, -0.2) is 30.4 Å².